The van der Waals surface area contributed by atoms with Crippen molar-refractivity contribution in [2.75, 3.05) is 7.11 Å². The summed E-state index contributed by atoms with van der Waals surface area (Å²) in [5.74, 6) is -1.48. The molecule has 8 heteroatoms. The zero-order valence-corrected chi connectivity index (χ0v) is 18.9. The van der Waals surface area contributed by atoms with Gasteiger partial charge in [-0.2, -0.15) is 5.26 Å². The van der Waals surface area contributed by atoms with Crippen molar-refractivity contribution in [2.45, 2.75) is 34.6 Å². The summed E-state index contributed by atoms with van der Waals surface area (Å²) in [6.07, 6.45) is 0. The lowest BCUT2D eigenvalue weighted by molar-refractivity contribution is -0.384. The van der Waals surface area contributed by atoms with Crippen LogP contribution in [0.4, 0.5) is 5.69 Å². The lowest BCUT2D eigenvalue weighted by Gasteiger charge is -2.26. The van der Waals surface area contributed by atoms with Gasteiger partial charge in [0.1, 0.15) is 6.07 Å². The number of methoxy groups -OCH3 is 1. The number of aryl methyl sites for hydroxylation is 2. The highest BCUT2D eigenvalue weighted by Gasteiger charge is 2.26. The number of carbonyl (C=O) groups is 2. The van der Waals surface area contributed by atoms with E-state index in [1.807, 2.05) is 52.8 Å². The van der Waals surface area contributed by atoms with E-state index in [0.29, 0.717) is 11.3 Å². The van der Waals surface area contributed by atoms with Crippen LogP contribution < -0.4 is 5.32 Å². The zero-order valence-electron chi connectivity index (χ0n) is 18.9. The highest BCUT2D eigenvalue weighted by Crippen LogP contribution is 2.32. The average Bonchev–Trinajstić information content (AvgIpc) is 2.71. The number of nitrogens with one attached hydrogen (secondary N) is 1. The van der Waals surface area contributed by atoms with Gasteiger partial charge in [-0.25, -0.2) is 4.79 Å². The van der Waals surface area contributed by atoms with Crippen LogP contribution in [-0.2, 0) is 4.74 Å². The fraction of sp³-hybridized carbons (Fsp3) is 0.292. The molecule has 166 valence electrons. The van der Waals surface area contributed by atoms with Crippen LogP contribution in [0.5, 0.6) is 0 Å². The second-order valence-electron chi connectivity index (χ2n) is 8.46. The number of esters is 1. The molecule has 0 spiro atoms. The number of nitro groups is 1. The molecule has 1 N–H and O–H groups in total. The summed E-state index contributed by atoms with van der Waals surface area (Å²) in [5, 5.41) is 24.0. The number of allylic oxidation sites excluding steroid dienone is 2. The Morgan fingerprint density at radius 3 is 2.03 bits per heavy atom. The number of hydrogen-bond acceptors (Lipinski definition) is 6. The van der Waals surface area contributed by atoms with Gasteiger partial charge in [0.15, 0.2) is 0 Å². The monoisotopic (exact) mass is 435 g/mol. The Morgan fingerprint density at radius 2 is 1.56 bits per heavy atom. The predicted molar refractivity (Wildman–Crippen MR) is 120 cm³/mol. The lowest BCUT2D eigenvalue weighted by Crippen LogP contribution is -2.31. The first-order chi connectivity index (χ1) is 14.9. The zero-order chi connectivity index (χ0) is 24.2. The Morgan fingerprint density at radius 1 is 1.00 bits per heavy atom. The van der Waals surface area contributed by atoms with Gasteiger partial charge in [-0.3, -0.25) is 14.9 Å². The van der Waals surface area contributed by atoms with Crippen molar-refractivity contribution in [2.24, 2.45) is 5.41 Å². The summed E-state index contributed by atoms with van der Waals surface area (Å²) in [6.45, 7) is 9.36. The molecule has 0 fully saturated rings. The van der Waals surface area contributed by atoms with E-state index in [4.69, 9.17) is 0 Å². The summed E-state index contributed by atoms with van der Waals surface area (Å²) in [7, 11) is 1.14. The summed E-state index contributed by atoms with van der Waals surface area (Å²) < 4.78 is 4.63. The molecule has 2 rings (SSSR count). The topological polar surface area (TPSA) is 122 Å². The van der Waals surface area contributed by atoms with E-state index in [1.54, 1.807) is 0 Å². The molecule has 0 saturated heterocycles. The predicted octanol–water partition coefficient (Wildman–Crippen LogP) is 4.71. The fourth-order valence-electron chi connectivity index (χ4n) is 3.28. The highest BCUT2D eigenvalue weighted by atomic mass is 16.6. The van der Waals surface area contributed by atoms with Gasteiger partial charge in [-0.05, 0) is 25.5 Å². The molecule has 2 aromatic carbocycles. The summed E-state index contributed by atoms with van der Waals surface area (Å²) >= 11 is 0. The molecule has 0 aliphatic heterocycles. The molecule has 0 aromatic heterocycles. The van der Waals surface area contributed by atoms with E-state index in [0.717, 1.165) is 30.4 Å². The Balaban J connectivity index is 2.64. The number of nitro benzene ring substituents is 1. The third-order valence-corrected chi connectivity index (χ3v) is 4.67. The first-order valence-corrected chi connectivity index (χ1v) is 9.80. The number of non-ortho nitro benzene ring substituents is 1. The van der Waals surface area contributed by atoms with Crippen molar-refractivity contribution >= 4 is 23.1 Å². The minimum atomic E-state index is -0.803. The summed E-state index contributed by atoms with van der Waals surface area (Å²) in [6, 6.07) is 11.2. The molecule has 0 unspecified atom stereocenters. The van der Waals surface area contributed by atoms with Crippen molar-refractivity contribution in [3.05, 3.63) is 80.0 Å². The molecule has 1 amide bonds. The van der Waals surface area contributed by atoms with E-state index in [2.05, 4.69) is 16.1 Å². The molecular formula is C24H25N3O5. The van der Waals surface area contributed by atoms with E-state index in [-0.39, 0.29) is 16.7 Å². The van der Waals surface area contributed by atoms with Crippen LogP contribution in [-0.4, -0.2) is 23.9 Å². The van der Waals surface area contributed by atoms with Crippen LogP contribution in [0.25, 0.3) is 5.57 Å². The second-order valence-corrected chi connectivity index (χ2v) is 8.46. The smallest absolute Gasteiger partial charge is 0.338 e. The molecule has 0 aliphatic rings. The van der Waals surface area contributed by atoms with Crippen LogP contribution in [0.2, 0.25) is 0 Å². The van der Waals surface area contributed by atoms with Crippen molar-refractivity contribution in [1.82, 2.24) is 5.32 Å². The summed E-state index contributed by atoms with van der Waals surface area (Å²) in [5.41, 5.74) is 1.96. The Kier molecular flexibility index (Phi) is 7.16. The number of ether oxygens (including phenoxy) is 1. The van der Waals surface area contributed by atoms with Gasteiger partial charge < -0.3 is 10.1 Å². The normalized spacial score (nSPS) is 11.8. The Hall–Kier alpha value is -3.99. The van der Waals surface area contributed by atoms with Gasteiger partial charge in [0.05, 0.1) is 23.2 Å². The third kappa shape index (κ3) is 5.58. The first-order valence-electron chi connectivity index (χ1n) is 9.80. The summed E-state index contributed by atoms with van der Waals surface area (Å²) in [4.78, 5) is 35.6. The van der Waals surface area contributed by atoms with Crippen LogP contribution in [0, 0.1) is 40.7 Å². The average molecular weight is 435 g/mol. The van der Waals surface area contributed by atoms with Gasteiger partial charge in [-0.1, -0.05) is 50.1 Å². The Bertz CT molecular complexity index is 1150. The van der Waals surface area contributed by atoms with Gasteiger partial charge >= 0.3 is 5.97 Å². The van der Waals surface area contributed by atoms with Crippen molar-refractivity contribution in [3.63, 3.8) is 0 Å². The number of nitrogens with zero attached hydrogens (tertiary/aromatic N) is 2. The van der Waals surface area contributed by atoms with Crippen molar-refractivity contribution in [3.8, 4) is 6.07 Å². The quantitative estimate of drug-likeness (QED) is 0.314. The number of hydrogen-bond donors (Lipinski definition) is 1. The molecule has 0 bridgehead atoms. The molecular weight excluding hydrogens is 410 g/mol. The molecule has 0 radical (unpaired) electrons. The number of carbonyl (C=O) groups excluding carboxylic acids is 2. The molecule has 0 aliphatic carbocycles. The van der Waals surface area contributed by atoms with Crippen LogP contribution in [0.3, 0.4) is 0 Å². The Labute approximate surface area is 186 Å². The van der Waals surface area contributed by atoms with Crippen molar-refractivity contribution < 1.29 is 19.2 Å². The molecule has 32 heavy (non-hydrogen) atoms. The molecule has 0 heterocycles. The number of rotatable bonds is 5. The van der Waals surface area contributed by atoms with Gasteiger partial charge in [-0.15, -0.1) is 0 Å². The minimum absolute atomic E-state index is 0.0981. The third-order valence-electron chi connectivity index (χ3n) is 4.67. The van der Waals surface area contributed by atoms with Gasteiger partial charge in [0.2, 0.25) is 0 Å². The SMILES string of the molecule is COC(=O)c1cc(C(=O)NC(=C(C#N)c2cc(C)cc(C)c2)C(C)(C)C)cc([N+](=O)[O-])c1. The maximum atomic E-state index is 13.1. The molecule has 0 saturated carbocycles. The van der Waals surface area contributed by atoms with E-state index in [1.165, 1.54) is 6.07 Å². The minimum Gasteiger partial charge on any atom is -0.465 e. The molecule has 8 nitrogen and oxygen atoms in total. The standard InChI is InChI=1S/C24H25N3O5/c1-14-7-15(2)9-16(8-14)20(13-25)21(24(3,4)5)26-22(28)17-10-18(23(29)32-6)12-19(11-17)27(30)31/h7-12H,1-6H3,(H,26,28). The van der Waals surface area contributed by atoms with E-state index in [9.17, 15) is 25.0 Å². The first kappa shape index (κ1) is 24.3. The molecule has 0 atom stereocenters. The van der Waals surface area contributed by atoms with E-state index < -0.39 is 27.9 Å². The maximum Gasteiger partial charge on any atom is 0.338 e. The van der Waals surface area contributed by atoms with Crippen LogP contribution in [0.1, 0.15) is 58.2 Å². The number of amides is 1. The lowest BCUT2D eigenvalue weighted by atomic mass is 9.86. The molecule has 2 aromatic rings. The van der Waals surface area contributed by atoms with E-state index >= 15 is 0 Å². The fourth-order valence-corrected chi connectivity index (χ4v) is 3.28. The van der Waals surface area contributed by atoms with Gasteiger partial charge in [0, 0.05) is 28.8 Å². The largest absolute Gasteiger partial charge is 0.465 e. The number of benzene rings is 2. The van der Waals surface area contributed by atoms with Crippen molar-refractivity contribution in [1.29, 1.82) is 5.26 Å². The van der Waals surface area contributed by atoms with Crippen LogP contribution >= 0.6 is 0 Å². The van der Waals surface area contributed by atoms with Gasteiger partial charge in [0.25, 0.3) is 11.6 Å². The number of nitriles is 1. The van der Waals surface area contributed by atoms with Crippen LogP contribution in [0.15, 0.2) is 42.1 Å². The second kappa shape index (κ2) is 9.43. The maximum absolute atomic E-state index is 13.1. The highest BCUT2D eigenvalue weighted by molar-refractivity contribution is 6.00.